The first kappa shape index (κ1) is 12.8. The highest BCUT2D eigenvalue weighted by molar-refractivity contribution is 7.19. The van der Waals surface area contributed by atoms with Crippen LogP contribution >= 0.6 is 11.3 Å². The Balaban J connectivity index is 1.99. The van der Waals surface area contributed by atoms with Crippen LogP contribution in [-0.4, -0.2) is 6.54 Å². The molecule has 19 heavy (non-hydrogen) atoms. The molecule has 1 heterocycles. The van der Waals surface area contributed by atoms with Crippen molar-refractivity contribution in [2.45, 2.75) is 32.2 Å². The monoisotopic (exact) mass is 275 g/mol. The number of allylic oxidation sites excluding steroid dienone is 1. The van der Waals surface area contributed by atoms with E-state index in [1.807, 2.05) is 6.07 Å². The number of likely N-dealkylation sites (N-methyl/N-ethyl adjacent to an activating group) is 1. The zero-order valence-corrected chi connectivity index (χ0v) is 11.9. The first-order chi connectivity index (χ1) is 9.28. The molecular weight excluding hydrogens is 257 g/mol. The molecule has 1 unspecified atom stereocenters. The Hall–Kier alpha value is -1.19. The maximum Gasteiger partial charge on any atom is 0.124 e. The highest BCUT2D eigenvalue weighted by atomic mass is 32.1. The summed E-state index contributed by atoms with van der Waals surface area (Å²) in [5.41, 5.74) is 1.49. The van der Waals surface area contributed by atoms with Crippen LogP contribution in [0.5, 0.6) is 0 Å². The van der Waals surface area contributed by atoms with Crippen molar-refractivity contribution in [3.05, 3.63) is 46.6 Å². The Kier molecular flexibility index (Phi) is 3.67. The van der Waals surface area contributed by atoms with E-state index < -0.39 is 0 Å². The van der Waals surface area contributed by atoms with Crippen LogP contribution in [0.15, 0.2) is 35.9 Å². The molecule has 0 saturated heterocycles. The van der Waals surface area contributed by atoms with E-state index in [2.05, 4.69) is 24.4 Å². The van der Waals surface area contributed by atoms with Gasteiger partial charge < -0.3 is 5.32 Å². The molecule has 1 atom stereocenters. The third-order valence-electron chi connectivity index (χ3n) is 3.64. The molecule has 1 aliphatic carbocycles. The van der Waals surface area contributed by atoms with Crippen LogP contribution in [0.25, 0.3) is 10.1 Å². The van der Waals surface area contributed by atoms with E-state index >= 15 is 0 Å². The minimum absolute atomic E-state index is 0.152. The standard InChI is InChI=1S/C16H18FNS/c1-2-18-16(11-5-3-4-6-11)15-9-12-7-8-13(17)10-14(12)19-15/h5,7-10,16,18H,2-4,6H2,1H3. The van der Waals surface area contributed by atoms with Crippen molar-refractivity contribution < 1.29 is 4.39 Å². The van der Waals surface area contributed by atoms with Gasteiger partial charge in [0.15, 0.2) is 0 Å². The predicted octanol–water partition coefficient (Wildman–Crippen LogP) is 4.80. The Labute approximate surface area is 117 Å². The van der Waals surface area contributed by atoms with Gasteiger partial charge in [-0.3, -0.25) is 0 Å². The Morgan fingerprint density at radius 3 is 3.00 bits per heavy atom. The van der Waals surface area contributed by atoms with Crippen molar-refractivity contribution in [1.82, 2.24) is 5.32 Å². The van der Waals surface area contributed by atoms with Gasteiger partial charge in [-0.2, -0.15) is 0 Å². The van der Waals surface area contributed by atoms with Gasteiger partial charge in [0.2, 0.25) is 0 Å². The van der Waals surface area contributed by atoms with Crippen LogP contribution < -0.4 is 5.32 Å². The van der Waals surface area contributed by atoms with Gasteiger partial charge in [0.25, 0.3) is 0 Å². The maximum absolute atomic E-state index is 13.3. The number of fused-ring (bicyclic) bond motifs is 1. The molecule has 3 heteroatoms. The molecule has 0 spiro atoms. The van der Waals surface area contributed by atoms with Crippen molar-refractivity contribution >= 4 is 21.4 Å². The zero-order valence-electron chi connectivity index (χ0n) is 11.1. The lowest BCUT2D eigenvalue weighted by atomic mass is 10.0. The van der Waals surface area contributed by atoms with Crippen LogP contribution in [0.2, 0.25) is 0 Å². The molecule has 0 aliphatic heterocycles. The third kappa shape index (κ3) is 2.58. The molecule has 0 fully saturated rings. The summed E-state index contributed by atoms with van der Waals surface area (Å²) in [5.74, 6) is -0.152. The first-order valence-electron chi connectivity index (χ1n) is 6.89. The fourth-order valence-electron chi connectivity index (χ4n) is 2.74. The number of nitrogens with one attached hydrogen (secondary N) is 1. The predicted molar refractivity (Wildman–Crippen MR) is 80.1 cm³/mol. The molecule has 0 radical (unpaired) electrons. The topological polar surface area (TPSA) is 12.0 Å². The molecule has 0 amide bonds. The average molecular weight is 275 g/mol. The fraction of sp³-hybridized carbons (Fsp3) is 0.375. The van der Waals surface area contributed by atoms with E-state index in [1.165, 1.54) is 35.8 Å². The van der Waals surface area contributed by atoms with Gasteiger partial charge >= 0.3 is 0 Å². The molecule has 3 rings (SSSR count). The molecule has 2 aromatic rings. The van der Waals surface area contributed by atoms with Crippen molar-refractivity contribution in [2.75, 3.05) is 6.54 Å². The fourth-order valence-corrected chi connectivity index (χ4v) is 3.95. The van der Waals surface area contributed by atoms with Gasteiger partial charge in [0, 0.05) is 9.58 Å². The lowest BCUT2D eigenvalue weighted by Crippen LogP contribution is -2.21. The molecule has 100 valence electrons. The van der Waals surface area contributed by atoms with Gasteiger partial charge in [0.05, 0.1) is 6.04 Å². The molecule has 1 nitrogen and oxygen atoms in total. The summed E-state index contributed by atoms with van der Waals surface area (Å²) in [7, 11) is 0. The molecule has 1 N–H and O–H groups in total. The van der Waals surface area contributed by atoms with Crippen LogP contribution in [0.4, 0.5) is 4.39 Å². The molecule has 0 bridgehead atoms. The van der Waals surface area contributed by atoms with E-state index in [4.69, 9.17) is 0 Å². The molecule has 0 saturated carbocycles. The van der Waals surface area contributed by atoms with E-state index in [1.54, 1.807) is 17.4 Å². The summed E-state index contributed by atoms with van der Waals surface area (Å²) in [4.78, 5) is 1.30. The number of rotatable bonds is 4. The largest absolute Gasteiger partial charge is 0.306 e. The molecule has 1 aromatic heterocycles. The zero-order chi connectivity index (χ0) is 13.2. The Morgan fingerprint density at radius 2 is 2.26 bits per heavy atom. The molecule has 1 aliphatic rings. The second-order valence-electron chi connectivity index (χ2n) is 4.99. The summed E-state index contributed by atoms with van der Waals surface area (Å²) < 4.78 is 14.3. The van der Waals surface area contributed by atoms with Gasteiger partial charge in [-0.1, -0.05) is 24.6 Å². The summed E-state index contributed by atoms with van der Waals surface area (Å²) in [6, 6.07) is 7.56. The summed E-state index contributed by atoms with van der Waals surface area (Å²) in [6.45, 7) is 3.08. The first-order valence-corrected chi connectivity index (χ1v) is 7.71. The van der Waals surface area contributed by atoms with E-state index in [-0.39, 0.29) is 5.82 Å². The second kappa shape index (κ2) is 5.43. The van der Waals surface area contributed by atoms with E-state index in [0.717, 1.165) is 16.6 Å². The summed E-state index contributed by atoms with van der Waals surface area (Å²) >= 11 is 1.70. The van der Waals surface area contributed by atoms with Crippen molar-refractivity contribution in [3.8, 4) is 0 Å². The summed E-state index contributed by atoms with van der Waals surface area (Å²) in [6.07, 6.45) is 5.99. The average Bonchev–Trinajstić information content (AvgIpc) is 3.04. The van der Waals surface area contributed by atoms with Crippen LogP contribution in [0.3, 0.4) is 0 Å². The van der Waals surface area contributed by atoms with Gasteiger partial charge in [-0.05, 0) is 49.4 Å². The quantitative estimate of drug-likeness (QED) is 0.790. The highest BCUT2D eigenvalue weighted by Gasteiger charge is 2.20. The SMILES string of the molecule is CCNC(C1=CCCC1)c1cc2ccc(F)cc2s1. The number of hydrogen-bond donors (Lipinski definition) is 1. The normalized spacial score (nSPS) is 16.8. The lowest BCUT2D eigenvalue weighted by Gasteiger charge is -2.17. The van der Waals surface area contributed by atoms with E-state index in [9.17, 15) is 4.39 Å². The lowest BCUT2D eigenvalue weighted by molar-refractivity contribution is 0.614. The van der Waals surface area contributed by atoms with Gasteiger partial charge in [-0.25, -0.2) is 4.39 Å². The number of halogens is 1. The number of hydrogen-bond acceptors (Lipinski definition) is 2. The van der Waals surface area contributed by atoms with E-state index in [0.29, 0.717) is 6.04 Å². The van der Waals surface area contributed by atoms with Crippen molar-refractivity contribution in [1.29, 1.82) is 0 Å². The van der Waals surface area contributed by atoms with Crippen LogP contribution in [-0.2, 0) is 0 Å². The third-order valence-corrected chi connectivity index (χ3v) is 4.80. The van der Waals surface area contributed by atoms with Crippen molar-refractivity contribution in [3.63, 3.8) is 0 Å². The Bertz CT molecular complexity index is 614. The number of benzene rings is 1. The minimum Gasteiger partial charge on any atom is -0.306 e. The molecule has 1 aromatic carbocycles. The van der Waals surface area contributed by atoms with Crippen LogP contribution in [0.1, 0.15) is 37.1 Å². The van der Waals surface area contributed by atoms with Crippen LogP contribution in [0, 0.1) is 5.82 Å². The van der Waals surface area contributed by atoms with Gasteiger partial charge in [-0.15, -0.1) is 11.3 Å². The smallest absolute Gasteiger partial charge is 0.124 e. The van der Waals surface area contributed by atoms with Gasteiger partial charge in [0.1, 0.15) is 5.82 Å². The Morgan fingerprint density at radius 1 is 1.37 bits per heavy atom. The second-order valence-corrected chi connectivity index (χ2v) is 6.11. The summed E-state index contributed by atoms with van der Waals surface area (Å²) in [5, 5.41) is 4.71. The number of thiophene rings is 1. The molecular formula is C16H18FNS. The minimum atomic E-state index is -0.152. The maximum atomic E-state index is 13.3. The highest BCUT2D eigenvalue weighted by Crippen LogP contribution is 2.37. The van der Waals surface area contributed by atoms with Crippen molar-refractivity contribution in [2.24, 2.45) is 0 Å².